The van der Waals surface area contributed by atoms with Crippen LogP contribution in [0.5, 0.6) is 0 Å². The largest absolute Gasteiger partial charge is 0.480 e. The number of hydrogen-bond donors (Lipinski definition) is 3. The average molecular weight is 288 g/mol. The summed E-state index contributed by atoms with van der Waals surface area (Å²) in [5.74, 6) is -1.09. The monoisotopic (exact) mass is 288 g/mol. The fourth-order valence-corrected chi connectivity index (χ4v) is 1.46. The minimum Gasteiger partial charge on any atom is -0.480 e. The van der Waals surface area contributed by atoms with E-state index in [0.29, 0.717) is 18.9 Å². The molecule has 2 unspecified atom stereocenters. The number of carbonyl (C=O) groups is 1. The number of carboxylic acid groups (broad SMARTS) is 1. The third-order valence-electron chi connectivity index (χ3n) is 2.47. The van der Waals surface area contributed by atoms with Crippen LogP contribution in [0.4, 0.5) is 0 Å². The van der Waals surface area contributed by atoms with E-state index in [4.69, 9.17) is 20.3 Å². The van der Waals surface area contributed by atoms with E-state index >= 15 is 0 Å². The predicted octanol–water partition coefficient (Wildman–Crippen LogP) is -1.74. The van der Waals surface area contributed by atoms with E-state index < -0.39 is 18.1 Å². The minimum atomic E-state index is -1.09. The Labute approximate surface area is 116 Å². The van der Waals surface area contributed by atoms with Crippen molar-refractivity contribution < 1.29 is 24.5 Å². The van der Waals surface area contributed by atoms with Gasteiger partial charge < -0.3 is 25.4 Å². The number of rotatable bonds is 10. The van der Waals surface area contributed by atoms with E-state index in [9.17, 15) is 9.90 Å². The maximum absolute atomic E-state index is 10.6. The average Bonchev–Trinajstić information content (AvgIpc) is 2.81. The molecule has 9 heteroatoms. The number of carboxylic acids is 1. The third-order valence-corrected chi connectivity index (χ3v) is 2.47. The van der Waals surface area contributed by atoms with Crippen molar-refractivity contribution in [2.45, 2.75) is 25.1 Å². The van der Waals surface area contributed by atoms with E-state index in [1.807, 2.05) is 0 Å². The summed E-state index contributed by atoms with van der Waals surface area (Å²) in [7, 11) is 1.57. The first kappa shape index (κ1) is 16.5. The zero-order valence-corrected chi connectivity index (χ0v) is 11.3. The van der Waals surface area contributed by atoms with Gasteiger partial charge in [0.15, 0.2) is 0 Å². The molecule has 1 aromatic rings. The Morgan fingerprint density at radius 2 is 2.30 bits per heavy atom. The highest BCUT2D eigenvalue weighted by molar-refractivity contribution is 5.73. The first-order chi connectivity index (χ1) is 9.52. The van der Waals surface area contributed by atoms with Crippen molar-refractivity contribution in [3.8, 4) is 0 Å². The number of methoxy groups -OCH3 is 1. The number of ether oxygens (including phenoxy) is 2. The highest BCUT2D eigenvalue weighted by atomic mass is 16.5. The minimum absolute atomic E-state index is 0.0930. The molecular weight excluding hydrogens is 268 g/mol. The maximum Gasteiger partial charge on any atom is 0.320 e. The fourth-order valence-electron chi connectivity index (χ4n) is 1.46. The van der Waals surface area contributed by atoms with Gasteiger partial charge in [-0.25, -0.2) is 4.68 Å². The lowest BCUT2D eigenvalue weighted by atomic mass is 10.2. The van der Waals surface area contributed by atoms with Gasteiger partial charge in [-0.15, -0.1) is 5.10 Å². The smallest absolute Gasteiger partial charge is 0.320 e. The molecule has 4 N–H and O–H groups in total. The molecule has 0 spiro atoms. The standard InChI is InChI=1S/C11H20N4O5/c1-19-2-3-20-7-9(16)6-15-5-8(13-14-15)4-10(12)11(17)18/h5,9-10,16H,2-4,6-7,12H2,1H3,(H,17,18). The summed E-state index contributed by atoms with van der Waals surface area (Å²) in [4.78, 5) is 10.6. The van der Waals surface area contributed by atoms with Gasteiger partial charge in [-0.1, -0.05) is 5.21 Å². The van der Waals surface area contributed by atoms with E-state index in [0.717, 1.165) is 0 Å². The lowest BCUT2D eigenvalue weighted by molar-refractivity contribution is -0.138. The van der Waals surface area contributed by atoms with Gasteiger partial charge in [-0.05, 0) is 0 Å². The molecule has 1 heterocycles. The van der Waals surface area contributed by atoms with Gasteiger partial charge in [-0.2, -0.15) is 0 Å². The summed E-state index contributed by atoms with van der Waals surface area (Å²) in [5.41, 5.74) is 5.86. The maximum atomic E-state index is 10.6. The molecule has 114 valence electrons. The molecular formula is C11H20N4O5. The van der Waals surface area contributed by atoms with Gasteiger partial charge in [0.25, 0.3) is 0 Å². The topological polar surface area (TPSA) is 133 Å². The molecule has 0 aromatic carbocycles. The van der Waals surface area contributed by atoms with Crippen LogP contribution in [0.15, 0.2) is 6.20 Å². The van der Waals surface area contributed by atoms with E-state index in [1.165, 1.54) is 4.68 Å². The van der Waals surface area contributed by atoms with Crippen molar-refractivity contribution in [1.82, 2.24) is 15.0 Å². The van der Waals surface area contributed by atoms with Gasteiger partial charge in [0.2, 0.25) is 0 Å². The van der Waals surface area contributed by atoms with Crippen LogP contribution < -0.4 is 5.73 Å². The molecule has 20 heavy (non-hydrogen) atoms. The quantitative estimate of drug-likeness (QED) is 0.432. The van der Waals surface area contributed by atoms with Gasteiger partial charge in [0.05, 0.1) is 38.2 Å². The first-order valence-electron chi connectivity index (χ1n) is 6.15. The Balaban J connectivity index is 2.34. The lowest BCUT2D eigenvalue weighted by Gasteiger charge is -2.10. The lowest BCUT2D eigenvalue weighted by Crippen LogP contribution is -2.32. The number of nitrogens with two attached hydrogens (primary N) is 1. The second-order valence-electron chi connectivity index (χ2n) is 4.30. The van der Waals surface area contributed by atoms with Crippen molar-refractivity contribution in [1.29, 1.82) is 0 Å². The summed E-state index contributed by atoms with van der Waals surface area (Å²) in [5, 5.41) is 26.0. The predicted molar refractivity (Wildman–Crippen MR) is 68.0 cm³/mol. The van der Waals surface area contributed by atoms with Crippen LogP contribution >= 0.6 is 0 Å². The van der Waals surface area contributed by atoms with Crippen molar-refractivity contribution in [3.63, 3.8) is 0 Å². The number of aliphatic carboxylic acids is 1. The second kappa shape index (κ2) is 8.59. The molecule has 0 aliphatic carbocycles. The number of aromatic nitrogens is 3. The summed E-state index contributed by atoms with van der Waals surface area (Å²) < 4.78 is 11.4. The molecule has 1 rings (SSSR count). The van der Waals surface area contributed by atoms with E-state index in [1.54, 1.807) is 13.3 Å². The Bertz CT molecular complexity index is 411. The summed E-state index contributed by atoms with van der Waals surface area (Å²) in [6.45, 7) is 1.24. The highest BCUT2D eigenvalue weighted by Gasteiger charge is 2.15. The Morgan fingerprint density at radius 1 is 1.55 bits per heavy atom. The first-order valence-corrected chi connectivity index (χ1v) is 6.15. The van der Waals surface area contributed by atoms with Crippen LogP contribution in [0.25, 0.3) is 0 Å². The van der Waals surface area contributed by atoms with Crippen molar-refractivity contribution in [3.05, 3.63) is 11.9 Å². The molecule has 1 aromatic heterocycles. The van der Waals surface area contributed by atoms with Crippen LogP contribution in [0, 0.1) is 0 Å². The van der Waals surface area contributed by atoms with Crippen LogP contribution in [-0.4, -0.2) is 70.3 Å². The Morgan fingerprint density at radius 3 is 2.95 bits per heavy atom. The summed E-state index contributed by atoms with van der Waals surface area (Å²) in [6, 6.07) is -1.01. The second-order valence-corrected chi connectivity index (χ2v) is 4.30. The van der Waals surface area contributed by atoms with Crippen LogP contribution in [0.1, 0.15) is 5.69 Å². The molecule has 2 atom stereocenters. The van der Waals surface area contributed by atoms with Crippen LogP contribution in [0.2, 0.25) is 0 Å². The Kier molecular flexibility index (Phi) is 7.09. The zero-order valence-electron chi connectivity index (χ0n) is 11.3. The van der Waals surface area contributed by atoms with Gasteiger partial charge in [0, 0.05) is 19.7 Å². The SMILES string of the molecule is COCCOCC(O)Cn1cc(CC(N)C(=O)O)nn1. The third kappa shape index (κ3) is 6.06. The van der Waals surface area contributed by atoms with E-state index in [2.05, 4.69) is 10.3 Å². The van der Waals surface area contributed by atoms with Gasteiger partial charge >= 0.3 is 5.97 Å². The molecule has 0 radical (unpaired) electrons. The normalized spacial score (nSPS) is 14.2. The fraction of sp³-hybridized carbons (Fsp3) is 0.727. The number of aliphatic hydroxyl groups excluding tert-OH is 1. The molecule has 0 aliphatic rings. The molecule has 0 aliphatic heterocycles. The van der Waals surface area contributed by atoms with Crippen molar-refractivity contribution >= 4 is 5.97 Å². The van der Waals surface area contributed by atoms with Crippen LogP contribution in [-0.2, 0) is 27.2 Å². The summed E-state index contributed by atoms with van der Waals surface area (Å²) in [6.07, 6.45) is 0.922. The van der Waals surface area contributed by atoms with Crippen molar-refractivity contribution in [2.24, 2.45) is 5.73 Å². The number of nitrogens with zero attached hydrogens (tertiary/aromatic N) is 3. The van der Waals surface area contributed by atoms with E-state index in [-0.39, 0.29) is 19.6 Å². The van der Waals surface area contributed by atoms with Gasteiger partial charge in [0.1, 0.15) is 6.04 Å². The molecule has 9 nitrogen and oxygen atoms in total. The molecule has 0 amide bonds. The Hall–Kier alpha value is -1.55. The number of hydrogen-bond acceptors (Lipinski definition) is 7. The summed E-state index contributed by atoms with van der Waals surface area (Å²) >= 11 is 0. The number of aliphatic hydroxyl groups is 1. The van der Waals surface area contributed by atoms with Crippen molar-refractivity contribution in [2.75, 3.05) is 26.9 Å². The zero-order chi connectivity index (χ0) is 15.0. The highest BCUT2D eigenvalue weighted by Crippen LogP contribution is 1.99. The molecule has 0 bridgehead atoms. The molecule has 0 saturated heterocycles. The van der Waals surface area contributed by atoms with Crippen LogP contribution in [0.3, 0.4) is 0 Å². The van der Waals surface area contributed by atoms with Gasteiger partial charge in [-0.3, -0.25) is 4.79 Å². The molecule has 0 fully saturated rings. The molecule has 0 saturated carbocycles.